The van der Waals surface area contributed by atoms with E-state index in [9.17, 15) is 19.7 Å². The molecule has 1 saturated heterocycles. The summed E-state index contributed by atoms with van der Waals surface area (Å²) in [6.45, 7) is 0.178. The summed E-state index contributed by atoms with van der Waals surface area (Å²) in [5.74, 6) is -0.382. The van der Waals surface area contributed by atoms with Gasteiger partial charge in [-0.2, -0.15) is 0 Å². The third-order valence-corrected chi connectivity index (χ3v) is 5.52. The molecule has 1 aliphatic rings. The Hall–Kier alpha value is -2.71. The fraction of sp³-hybridized carbons (Fsp3) is 0.0526. The van der Waals surface area contributed by atoms with Crippen LogP contribution in [0.5, 0.6) is 0 Å². The first-order chi connectivity index (χ1) is 13.0. The van der Waals surface area contributed by atoms with Crippen LogP contribution < -0.4 is 0 Å². The predicted molar refractivity (Wildman–Crippen MR) is 108 cm³/mol. The molecule has 0 saturated carbocycles. The van der Waals surface area contributed by atoms with Gasteiger partial charge < -0.3 is 0 Å². The second-order valence-electron chi connectivity index (χ2n) is 5.56. The second kappa shape index (κ2) is 8.32. The minimum atomic E-state index is -0.467. The summed E-state index contributed by atoms with van der Waals surface area (Å²) in [5.41, 5.74) is 1.23. The van der Waals surface area contributed by atoms with Crippen molar-refractivity contribution >= 4 is 50.6 Å². The average molecular weight is 445 g/mol. The van der Waals surface area contributed by atoms with Crippen molar-refractivity contribution in [2.45, 2.75) is 6.54 Å². The first kappa shape index (κ1) is 19.1. The van der Waals surface area contributed by atoms with E-state index in [-0.39, 0.29) is 28.3 Å². The Labute approximate surface area is 167 Å². The van der Waals surface area contributed by atoms with Crippen LogP contribution in [0.4, 0.5) is 10.5 Å². The lowest BCUT2D eigenvalue weighted by molar-refractivity contribution is -0.385. The number of amides is 2. The summed E-state index contributed by atoms with van der Waals surface area (Å²) in [6, 6.07) is 13.7. The number of carbonyl (C=O) groups excluding carboxylic acids is 2. The molecule has 2 aromatic carbocycles. The molecule has 0 radical (unpaired) electrons. The first-order valence-electron chi connectivity index (χ1n) is 7.86. The molecule has 2 amide bonds. The van der Waals surface area contributed by atoms with Crippen molar-refractivity contribution in [1.29, 1.82) is 0 Å². The number of para-hydroxylation sites is 1. The molecule has 3 rings (SSSR count). The third kappa shape index (κ3) is 4.35. The number of nitro benzene ring substituents is 1. The highest BCUT2D eigenvalue weighted by Gasteiger charge is 2.34. The number of hydrogen-bond donors (Lipinski definition) is 0. The van der Waals surface area contributed by atoms with E-state index in [4.69, 9.17) is 0 Å². The van der Waals surface area contributed by atoms with Gasteiger partial charge in [0.25, 0.3) is 16.8 Å². The number of hydrogen-bond acceptors (Lipinski definition) is 5. The standard InChI is InChI=1S/C19H13BrN2O4S/c20-15-9-3-1-7-14(15)12-21-18(23)17(27-19(21)24)11-5-8-13-6-2-4-10-16(13)22(25)26/h1-11H,12H2/b8-5+,17-11-. The number of benzene rings is 2. The summed E-state index contributed by atoms with van der Waals surface area (Å²) in [7, 11) is 0. The van der Waals surface area contributed by atoms with Crippen LogP contribution in [0.3, 0.4) is 0 Å². The zero-order valence-corrected chi connectivity index (χ0v) is 16.3. The van der Waals surface area contributed by atoms with Gasteiger partial charge in [0.1, 0.15) is 0 Å². The lowest BCUT2D eigenvalue weighted by atomic mass is 10.1. The lowest BCUT2D eigenvalue weighted by Crippen LogP contribution is -2.27. The van der Waals surface area contributed by atoms with Crippen molar-refractivity contribution in [2.24, 2.45) is 0 Å². The van der Waals surface area contributed by atoms with Crippen molar-refractivity contribution in [1.82, 2.24) is 4.90 Å². The molecule has 0 spiro atoms. The Morgan fingerprint density at radius 1 is 1.11 bits per heavy atom. The van der Waals surface area contributed by atoms with Gasteiger partial charge >= 0.3 is 0 Å². The van der Waals surface area contributed by atoms with E-state index >= 15 is 0 Å². The highest BCUT2D eigenvalue weighted by Crippen LogP contribution is 2.33. The van der Waals surface area contributed by atoms with Crippen LogP contribution in [-0.4, -0.2) is 21.0 Å². The number of carbonyl (C=O) groups is 2. The number of nitrogens with zero attached hydrogens (tertiary/aromatic N) is 2. The molecule has 1 aliphatic heterocycles. The van der Waals surface area contributed by atoms with Crippen molar-refractivity contribution < 1.29 is 14.5 Å². The van der Waals surface area contributed by atoms with E-state index in [0.717, 1.165) is 21.8 Å². The van der Waals surface area contributed by atoms with Gasteiger partial charge in [0.05, 0.1) is 21.9 Å². The average Bonchev–Trinajstić information content (AvgIpc) is 2.91. The Balaban J connectivity index is 1.77. The number of nitro groups is 1. The normalized spacial score (nSPS) is 15.9. The van der Waals surface area contributed by atoms with E-state index in [1.807, 2.05) is 24.3 Å². The van der Waals surface area contributed by atoms with Crippen LogP contribution in [0.25, 0.3) is 6.08 Å². The Bertz CT molecular complexity index is 987. The van der Waals surface area contributed by atoms with Crippen LogP contribution in [0.2, 0.25) is 0 Å². The zero-order chi connectivity index (χ0) is 19.4. The predicted octanol–water partition coefficient (Wildman–Crippen LogP) is 5.15. The lowest BCUT2D eigenvalue weighted by Gasteiger charge is -2.13. The summed E-state index contributed by atoms with van der Waals surface area (Å²) in [4.78, 5) is 36.7. The van der Waals surface area contributed by atoms with Gasteiger partial charge in [0.15, 0.2) is 0 Å². The van der Waals surface area contributed by atoms with Crippen LogP contribution in [0.15, 0.2) is 70.1 Å². The Morgan fingerprint density at radius 2 is 1.81 bits per heavy atom. The van der Waals surface area contributed by atoms with Crippen molar-refractivity contribution in [3.63, 3.8) is 0 Å². The molecule has 0 bridgehead atoms. The van der Waals surface area contributed by atoms with Crippen LogP contribution in [-0.2, 0) is 11.3 Å². The topological polar surface area (TPSA) is 80.5 Å². The summed E-state index contributed by atoms with van der Waals surface area (Å²) >= 11 is 4.26. The summed E-state index contributed by atoms with van der Waals surface area (Å²) < 4.78 is 0.823. The van der Waals surface area contributed by atoms with E-state index in [2.05, 4.69) is 15.9 Å². The summed E-state index contributed by atoms with van der Waals surface area (Å²) in [5, 5.41) is 10.7. The molecule has 0 aromatic heterocycles. The molecule has 0 aliphatic carbocycles. The number of allylic oxidation sites excluding steroid dienone is 2. The highest BCUT2D eigenvalue weighted by atomic mass is 79.9. The quantitative estimate of drug-likeness (QED) is 0.361. The molecule has 2 aromatic rings. The van der Waals surface area contributed by atoms with Crippen molar-refractivity contribution in [3.8, 4) is 0 Å². The molecule has 27 heavy (non-hydrogen) atoms. The van der Waals surface area contributed by atoms with Gasteiger partial charge in [-0.15, -0.1) is 0 Å². The third-order valence-electron chi connectivity index (χ3n) is 3.82. The second-order valence-corrected chi connectivity index (χ2v) is 7.40. The van der Waals surface area contributed by atoms with Crippen LogP contribution in [0.1, 0.15) is 11.1 Å². The van der Waals surface area contributed by atoms with Gasteiger partial charge in [-0.25, -0.2) is 0 Å². The molecular weight excluding hydrogens is 432 g/mol. The van der Waals surface area contributed by atoms with Gasteiger partial charge in [0, 0.05) is 10.5 Å². The maximum atomic E-state index is 12.5. The zero-order valence-electron chi connectivity index (χ0n) is 13.9. The van der Waals surface area contributed by atoms with E-state index in [0.29, 0.717) is 5.56 Å². The van der Waals surface area contributed by atoms with Gasteiger partial charge in [-0.3, -0.25) is 24.6 Å². The molecular formula is C19H13BrN2O4S. The van der Waals surface area contributed by atoms with Gasteiger partial charge in [-0.05, 0) is 41.6 Å². The van der Waals surface area contributed by atoms with Crippen LogP contribution in [0, 0.1) is 10.1 Å². The van der Waals surface area contributed by atoms with Gasteiger partial charge in [-0.1, -0.05) is 52.3 Å². The highest BCUT2D eigenvalue weighted by molar-refractivity contribution is 9.10. The first-order valence-corrected chi connectivity index (χ1v) is 9.47. The molecule has 8 heteroatoms. The minimum absolute atomic E-state index is 0.0239. The number of imide groups is 1. The Kier molecular flexibility index (Phi) is 5.88. The van der Waals surface area contributed by atoms with Crippen molar-refractivity contribution in [3.05, 3.63) is 91.3 Å². The Morgan fingerprint density at radius 3 is 2.56 bits per heavy atom. The molecule has 6 nitrogen and oxygen atoms in total. The monoisotopic (exact) mass is 444 g/mol. The summed E-state index contributed by atoms with van der Waals surface area (Å²) in [6.07, 6.45) is 4.58. The number of halogens is 1. The van der Waals surface area contributed by atoms with E-state index in [1.165, 1.54) is 23.1 Å². The maximum Gasteiger partial charge on any atom is 0.293 e. The molecule has 0 atom stereocenters. The largest absolute Gasteiger partial charge is 0.293 e. The molecule has 136 valence electrons. The fourth-order valence-electron chi connectivity index (χ4n) is 2.48. The molecule has 0 unspecified atom stereocenters. The number of thioether (sulfide) groups is 1. The number of rotatable bonds is 5. The van der Waals surface area contributed by atoms with Crippen LogP contribution >= 0.6 is 27.7 Å². The van der Waals surface area contributed by atoms with E-state index in [1.54, 1.807) is 24.3 Å². The fourth-order valence-corrected chi connectivity index (χ4v) is 3.68. The van der Waals surface area contributed by atoms with E-state index < -0.39 is 4.92 Å². The maximum absolute atomic E-state index is 12.5. The SMILES string of the molecule is O=C1S/C(=C\C=C\c2ccccc2[N+](=O)[O-])C(=O)N1Cc1ccccc1Br. The smallest absolute Gasteiger partial charge is 0.268 e. The van der Waals surface area contributed by atoms with Crippen molar-refractivity contribution in [2.75, 3.05) is 0 Å². The minimum Gasteiger partial charge on any atom is -0.268 e. The molecule has 1 heterocycles. The van der Waals surface area contributed by atoms with Gasteiger partial charge in [0.2, 0.25) is 0 Å². The molecule has 1 fully saturated rings. The molecule has 0 N–H and O–H groups in total.